The van der Waals surface area contributed by atoms with E-state index in [1.54, 1.807) is 0 Å². The summed E-state index contributed by atoms with van der Waals surface area (Å²) in [5.74, 6) is 8.00. The van der Waals surface area contributed by atoms with Crippen molar-refractivity contribution in [1.82, 2.24) is 0 Å². The summed E-state index contributed by atoms with van der Waals surface area (Å²) in [4.78, 5) is 0. The van der Waals surface area contributed by atoms with Gasteiger partial charge in [-0.25, -0.2) is 0 Å². The van der Waals surface area contributed by atoms with Crippen LogP contribution in [-0.2, 0) is 11.8 Å². The standard InChI is InChI=1S/C23H24.C18H17N.H4N2/c1-5-7-15-23(18(4)10-6-2)21-12-9-8-11-19(21)20-16-17(3)13-14-22(20)23;19-18(12-14-6-2-1-3-7-14)17-11-10-15-8-4-5-9-16(15)13-17;1-2/h5-14,16H,4,15H2,1-3H3;1-11,13,18H,12,19H2;1-2H2/b7-5-,10-6-;;. The number of fused-ring (bicyclic) bond motifs is 4. The molecule has 5 aromatic rings. The van der Waals surface area contributed by atoms with Crippen molar-refractivity contribution in [2.45, 2.75) is 45.1 Å². The maximum atomic E-state index is 6.32. The second kappa shape index (κ2) is 15.3. The fraction of sp³-hybridized carbons (Fsp3) is 0.171. The number of nitrogens with two attached hydrogens (primary N) is 3. The number of allylic oxidation sites excluding steroid dienone is 5. The lowest BCUT2D eigenvalue weighted by atomic mass is 9.70. The Labute approximate surface area is 263 Å². The first kappa shape index (κ1) is 32.4. The number of aryl methyl sites for hydroxylation is 1. The summed E-state index contributed by atoms with van der Waals surface area (Å²) in [5.41, 5.74) is 16.6. The van der Waals surface area contributed by atoms with Crippen LogP contribution in [0.1, 0.15) is 54.1 Å². The third kappa shape index (κ3) is 6.82. The van der Waals surface area contributed by atoms with Crippen molar-refractivity contribution in [3.05, 3.63) is 180 Å². The van der Waals surface area contributed by atoms with Crippen LogP contribution >= 0.6 is 0 Å². The topological polar surface area (TPSA) is 78.1 Å². The molecule has 44 heavy (non-hydrogen) atoms. The highest BCUT2D eigenvalue weighted by Gasteiger charge is 2.43. The highest BCUT2D eigenvalue weighted by atomic mass is 15.0. The van der Waals surface area contributed by atoms with Crippen LogP contribution in [0.5, 0.6) is 0 Å². The predicted molar refractivity (Wildman–Crippen MR) is 190 cm³/mol. The Kier molecular flexibility index (Phi) is 11.2. The Bertz CT molecular complexity index is 1750. The van der Waals surface area contributed by atoms with Crippen molar-refractivity contribution in [3.63, 3.8) is 0 Å². The van der Waals surface area contributed by atoms with Gasteiger partial charge in [0, 0.05) is 11.5 Å². The van der Waals surface area contributed by atoms with Gasteiger partial charge >= 0.3 is 0 Å². The third-order valence-electron chi connectivity index (χ3n) is 8.39. The van der Waals surface area contributed by atoms with Gasteiger partial charge in [-0.05, 0) is 89.4 Å². The van der Waals surface area contributed by atoms with Gasteiger partial charge in [0.15, 0.2) is 0 Å². The maximum absolute atomic E-state index is 6.32. The van der Waals surface area contributed by atoms with Gasteiger partial charge in [0.1, 0.15) is 0 Å². The molecule has 2 atom stereocenters. The van der Waals surface area contributed by atoms with Crippen LogP contribution < -0.4 is 17.4 Å². The minimum absolute atomic E-state index is 0.0482. The first-order chi connectivity index (χ1) is 21.5. The normalized spacial score (nSPS) is 15.6. The number of benzene rings is 5. The van der Waals surface area contributed by atoms with Crippen molar-refractivity contribution >= 4 is 10.8 Å². The summed E-state index contributed by atoms with van der Waals surface area (Å²) < 4.78 is 0. The molecule has 0 aromatic heterocycles. The molecular weight excluding hydrogens is 534 g/mol. The summed E-state index contributed by atoms with van der Waals surface area (Å²) in [6.45, 7) is 10.8. The lowest BCUT2D eigenvalue weighted by Gasteiger charge is -2.32. The molecule has 0 bridgehead atoms. The first-order valence-corrected chi connectivity index (χ1v) is 15.2. The Morgan fingerprint density at radius 1 is 0.727 bits per heavy atom. The van der Waals surface area contributed by atoms with Crippen LogP contribution in [0.15, 0.2) is 152 Å². The van der Waals surface area contributed by atoms with Crippen molar-refractivity contribution in [1.29, 1.82) is 0 Å². The summed E-state index contributed by atoms with van der Waals surface area (Å²) >= 11 is 0. The molecule has 2 unspecified atom stereocenters. The first-order valence-electron chi connectivity index (χ1n) is 15.2. The largest absolute Gasteiger partial charge is 0.324 e. The minimum Gasteiger partial charge on any atom is -0.324 e. The highest BCUT2D eigenvalue weighted by molar-refractivity contribution is 5.84. The Balaban J connectivity index is 0.000000193. The maximum Gasteiger partial charge on any atom is 0.0491 e. The molecule has 1 aliphatic carbocycles. The monoisotopic (exact) mass is 579 g/mol. The molecule has 3 nitrogen and oxygen atoms in total. The fourth-order valence-corrected chi connectivity index (χ4v) is 6.25. The van der Waals surface area contributed by atoms with Crippen LogP contribution in [0.2, 0.25) is 0 Å². The zero-order valence-corrected chi connectivity index (χ0v) is 26.2. The summed E-state index contributed by atoms with van der Waals surface area (Å²) in [6.07, 6.45) is 10.5. The van der Waals surface area contributed by atoms with Crippen molar-refractivity contribution in [3.8, 4) is 11.1 Å². The molecule has 224 valence electrons. The fourth-order valence-electron chi connectivity index (χ4n) is 6.25. The van der Waals surface area contributed by atoms with Gasteiger partial charge in [-0.1, -0.05) is 146 Å². The van der Waals surface area contributed by atoms with Gasteiger partial charge in [0.2, 0.25) is 0 Å². The second-order valence-corrected chi connectivity index (χ2v) is 11.2. The van der Waals surface area contributed by atoms with E-state index in [9.17, 15) is 0 Å². The SMILES string of the molecule is C=C(/C=C\C)C1(C/C=C\C)c2ccccc2-c2cc(C)ccc21.NC(Cc1ccccc1)c1ccc2ccccc2c1.NN. The average molecular weight is 580 g/mol. The molecule has 6 N–H and O–H groups in total. The molecular formula is C41H45N3. The van der Waals surface area contributed by atoms with Gasteiger partial charge in [-0.2, -0.15) is 0 Å². The van der Waals surface area contributed by atoms with Gasteiger partial charge in [0.25, 0.3) is 0 Å². The summed E-state index contributed by atoms with van der Waals surface area (Å²) in [5, 5.41) is 2.52. The molecule has 0 heterocycles. The molecule has 0 saturated heterocycles. The number of hydrogen-bond acceptors (Lipinski definition) is 3. The minimum atomic E-state index is -0.154. The van der Waals surface area contributed by atoms with E-state index in [0.717, 1.165) is 18.4 Å². The van der Waals surface area contributed by atoms with E-state index in [1.165, 1.54) is 49.7 Å². The molecule has 5 aromatic carbocycles. The highest BCUT2D eigenvalue weighted by Crippen LogP contribution is 2.54. The third-order valence-corrected chi connectivity index (χ3v) is 8.39. The smallest absolute Gasteiger partial charge is 0.0491 e. The predicted octanol–water partition coefficient (Wildman–Crippen LogP) is 9.26. The second-order valence-electron chi connectivity index (χ2n) is 11.2. The van der Waals surface area contributed by atoms with Crippen LogP contribution in [-0.4, -0.2) is 0 Å². The zero-order valence-electron chi connectivity index (χ0n) is 26.2. The van der Waals surface area contributed by atoms with E-state index in [2.05, 4.69) is 173 Å². The van der Waals surface area contributed by atoms with E-state index in [0.29, 0.717) is 0 Å². The number of rotatable bonds is 7. The molecule has 3 heteroatoms. The molecule has 1 aliphatic rings. The average Bonchev–Trinajstić information content (AvgIpc) is 3.35. The van der Waals surface area contributed by atoms with Gasteiger partial charge in [-0.15, -0.1) is 0 Å². The molecule has 0 amide bonds. The number of hydrazine groups is 1. The van der Waals surface area contributed by atoms with E-state index < -0.39 is 0 Å². The lowest BCUT2D eigenvalue weighted by Crippen LogP contribution is -2.26. The van der Waals surface area contributed by atoms with E-state index >= 15 is 0 Å². The van der Waals surface area contributed by atoms with E-state index in [1.807, 2.05) is 6.07 Å². The molecule has 0 aliphatic heterocycles. The Morgan fingerprint density at radius 2 is 1.39 bits per heavy atom. The van der Waals surface area contributed by atoms with Crippen molar-refractivity contribution in [2.75, 3.05) is 0 Å². The zero-order chi connectivity index (χ0) is 31.5. The molecule has 0 radical (unpaired) electrons. The molecule has 0 saturated carbocycles. The molecule has 0 fully saturated rings. The Hall–Kier alpha value is -4.54. The quantitative estimate of drug-likeness (QED) is 0.0778. The van der Waals surface area contributed by atoms with Crippen molar-refractivity contribution < 1.29 is 0 Å². The lowest BCUT2D eigenvalue weighted by molar-refractivity contribution is 0.645. The van der Waals surface area contributed by atoms with E-state index in [-0.39, 0.29) is 11.5 Å². The van der Waals surface area contributed by atoms with Gasteiger partial charge in [0.05, 0.1) is 0 Å². The van der Waals surface area contributed by atoms with E-state index in [4.69, 9.17) is 5.73 Å². The summed E-state index contributed by atoms with van der Waals surface area (Å²) in [7, 11) is 0. The van der Waals surface area contributed by atoms with Crippen LogP contribution in [0, 0.1) is 6.92 Å². The molecule has 0 spiro atoms. The van der Waals surface area contributed by atoms with Crippen LogP contribution in [0.25, 0.3) is 21.9 Å². The van der Waals surface area contributed by atoms with Crippen LogP contribution in [0.3, 0.4) is 0 Å². The van der Waals surface area contributed by atoms with Crippen molar-refractivity contribution in [2.24, 2.45) is 17.4 Å². The Morgan fingerprint density at radius 3 is 2.11 bits per heavy atom. The van der Waals surface area contributed by atoms with Gasteiger partial charge < -0.3 is 5.73 Å². The van der Waals surface area contributed by atoms with Gasteiger partial charge in [-0.3, -0.25) is 11.7 Å². The number of hydrogen-bond donors (Lipinski definition) is 3. The summed E-state index contributed by atoms with van der Waals surface area (Å²) in [6, 6.07) is 40.9. The molecule has 6 rings (SSSR count). The van der Waals surface area contributed by atoms with Crippen LogP contribution in [0.4, 0.5) is 0 Å².